The molecule has 0 spiro atoms. The van der Waals surface area contributed by atoms with Gasteiger partial charge in [0.25, 0.3) is 5.91 Å². The summed E-state index contributed by atoms with van der Waals surface area (Å²) in [5.74, 6) is 0.304. The molecule has 2 N–H and O–H groups in total. The van der Waals surface area contributed by atoms with Crippen molar-refractivity contribution in [2.75, 3.05) is 26.1 Å². The standard InChI is InChI=1S/C18H17ClF3N3O3/c1-27-15-8-16(28-2)14(19)6-11(15)9-24-25-17(26)10-23-13-5-3-4-12(7-13)18(20,21)22/h3-9,23H,10H2,1-2H3,(H,25,26)/b24-9-. The Labute approximate surface area is 164 Å². The van der Waals surface area contributed by atoms with Crippen LogP contribution in [0.4, 0.5) is 18.9 Å². The number of nitrogens with zero attached hydrogens (tertiary/aromatic N) is 1. The lowest BCUT2D eigenvalue weighted by atomic mass is 10.2. The number of carbonyl (C=O) groups excluding carboxylic acids is 1. The summed E-state index contributed by atoms with van der Waals surface area (Å²) in [5, 5.41) is 6.73. The molecule has 1 amide bonds. The maximum atomic E-state index is 12.7. The Morgan fingerprint density at radius 2 is 1.89 bits per heavy atom. The van der Waals surface area contributed by atoms with Gasteiger partial charge in [0.1, 0.15) is 11.5 Å². The van der Waals surface area contributed by atoms with Gasteiger partial charge >= 0.3 is 6.18 Å². The molecule has 0 atom stereocenters. The predicted molar refractivity (Wildman–Crippen MR) is 100 cm³/mol. The lowest BCUT2D eigenvalue weighted by molar-refractivity contribution is -0.137. The number of benzene rings is 2. The Hall–Kier alpha value is -2.94. The van der Waals surface area contributed by atoms with Crippen molar-refractivity contribution in [3.05, 3.63) is 52.5 Å². The number of ether oxygens (including phenoxy) is 2. The van der Waals surface area contributed by atoms with Crippen molar-refractivity contribution in [1.29, 1.82) is 0 Å². The second kappa shape index (κ2) is 9.32. The summed E-state index contributed by atoms with van der Waals surface area (Å²) in [4.78, 5) is 11.8. The zero-order chi connectivity index (χ0) is 20.7. The van der Waals surface area contributed by atoms with Gasteiger partial charge in [0.15, 0.2) is 0 Å². The highest BCUT2D eigenvalue weighted by molar-refractivity contribution is 6.32. The third-order valence-corrected chi connectivity index (χ3v) is 3.84. The van der Waals surface area contributed by atoms with E-state index in [9.17, 15) is 18.0 Å². The molecule has 0 saturated heterocycles. The topological polar surface area (TPSA) is 72.0 Å². The van der Waals surface area contributed by atoms with Gasteiger partial charge in [0.2, 0.25) is 0 Å². The number of anilines is 1. The minimum Gasteiger partial charge on any atom is -0.496 e. The number of hydrazone groups is 1. The van der Waals surface area contributed by atoms with Crippen molar-refractivity contribution in [3.63, 3.8) is 0 Å². The monoisotopic (exact) mass is 415 g/mol. The van der Waals surface area contributed by atoms with Gasteiger partial charge in [-0.05, 0) is 24.3 Å². The second-order valence-corrected chi connectivity index (χ2v) is 5.86. The normalized spacial score (nSPS) is 11.4. The number of methoxy groups -OCH3 is 2. The molecule has 0 heterocycles. The van der Waals surface area contributed by atoms with E-state index in [-0.39, 0.29) is 12.2 Å². The lowest BCUT2D eigenvalue weighted by Gasteiger charge is -2.10. The van der Waals surface area contributed by atoms with Gasteiger partial charge in [-0.25, -0.2) is 5.43 Å². The van der Waals surface area contributed by atoms with Crippen LogP contribution in [0, 0.1) is 0 Å². The minimum absolute atomic E-state index is 0.164. The largest absolute Gasteiger partial charge is 0.496 e. The number of halogens is 4. The van der Waals surface area contributed by atoms with Gasteiger partial charge in [0, 0.05) is 17.3 Å². The molecule has 0 radical (unpaired) electrons. The van der Waals surface area contributed by atoms with Crippen molar-refractivity contribution in [1.82, 2.24) is 5.43 Å². The molecule has 10 heteroatoms. The highest BCUT2D eigenvalue weighted by atomic mass is 35.5. The van der Waals surface area contributed by atoms with Crippen LogP contribution < -0.4 is 20.2 Å². The van der Waals surface area contributed by atoms with E-state index in [1.54, 1.807) is 12.1 Å². The maximum Gasteiger partial charge on any atom is 0.416 e. The average molecular weight is 416 g/mol. The van der Waals surface area contributed by atoms with Crippen molar-refractivity contribution < 1.29 is 27.4 Å². The molecule has 6 nitrogen and oxygen atoms in total. The SMILES string of the molecule is COc1cc(OC)c(/C=N\NC(=O)CNc2cccc(C(F)(F)F)c2)cc1Cl. The Morgan fingerprint density at radius 3 is 2.54 bits per heavy atom. The molecule has 0 aliphatic rings. The summed E-state index contributed by atoms with van der Waals surface area (Å²) in [7, 11) is 2.92. The molecule has 0 saturated carbocycles. The molecule has 150 valence electrons. The third-order valence-electron chi connectivity index (χ3n) is 3.54. The summed E-state index contributed by atoms with van der Waals surface area (Å²) in [6.07, 6.45) is -3.13. The molecule has 28 heavy (non-hydrogen) atoms. The molecule has 0 fully saturated rings. The Kier molecular flexibility index (Phi) is 7.11. The molecule has 0 unspecified atom stereocenters. The molecule has 2 aromatic carbocycles. The molecule has 2 aromatic rings. The molecule has 0 aliphatic heterocycles. The number of nitrogens with one attached hydrogen (secondary N) is 2. The first-order valence-electron chi connectivity index (χ1n) is 7.89. The summed E-state index contributed by atoms with van der Waals surface area (Å²) in [5.41, 5.74) is 2.12. The Balaban J connectivity index is 1.95. The first-order valence-corrected chi connectivity index (χ1v) is 8.27. The quantitative estimate of drug-likeness (QED) is 0.531. The van der Waals surface area contributed by atoms with Crippen molar-refractivity contribution in [3.8, 4) is 11.5 Å². The van der Waals surface area contributed by atoms with E-state index in [2.05, 4.69) is 15.8 Å². The van der Waals surface area contributed by atoms with Crippen LogP contribution in [0.1, 0.15) is 11.1 Å². The fraction of sp³-hybridized carbons (Fsp3) is 0.222. The van der Waals surface area contributed by atoms with E-state index < -0.39 is 17.6 Å². The first-order chi connectivity index (χ1) is 13.2. The van der Waals surface area contributed by atoms with Crippen molar-refractivity contribution in [2.24, 2.45) is 5.10 Å². The van der Waals surface area contributed by atoms with Crippen LogP contribution in [0.25, 0.3) is 0 Å². The fourth-order valence-corrected chi connectivity index (χ4v) is 2.43. The van der Waals surface area contributed by atoms with Gasteiger partial charge in [-0.1, -0.05) is 17.7 Å². The Morgan fingerprint density at radius 1 is 1.18 bits per heavy atom. The smallest absolute Gasteiger partial charge is 0.416 e. The molecular formula is C18H17ClF3N3O3. The van der Waals surface area contributed by atoms with Gasteiger partial charge < -0.3 is 14.8 Å². The fourth-order valence-electron chi connectivity index (χ4n) is 2.19. The zero-order valence-corrected chi connectivity index (χ0v) is 15.7. The van der Waals surface area contributed by atoms with Crippen LogP contribution in [-0.2, 0) is 11.0 Å². The van der Waals surface area contributed by atoms with Crippen LogP contribution >= 0.6 is 11.6 Å². The number of hydrogen-bond donors (Lipinski definition) is 2. The third kappa shape index (κ3) is 5.78. The second-order valence-electron chi connectivity index (χ2n) is 5.45. The van der Waals surface area contributed by atoms with Crippen LogP contribution in [-0.4, -0.2) is 32.9 Å². The van der Waals surface area contributed by atoms with Crippen LogP contribution in [0.15, 0.2) is 41.5 Å². The number of alkyl halides is 3. The summed E-state index contributed by atoms with van der Waals surface area (Å²) < 4.78 is 48.3. The summed E-state index contributed by atoms with van der Waals surface area (Å²) in [6.45, 7) is -0.265. The van der Waals surface area contributed by atoms with Gasteiger partial charge in [-0.2, -0.15) is 18.3 Å². The summed E-state index contributed by atoms with van der Waals surface area (Å²) in [6, 6.07) is 7.66. The van der Waals surface area contributed by atoms with Crippen LogP contribution in [0.2, 0.25) is 5.02 Å². The van der Waals surface area contributed by atoms with E-state index in [4.69, 9.17) is 21.1 Å². The number of carbonyl (C=O) groups is 1. The van der Waals surface area contributed by atoms with Gasteiger partial charge in [0.05, 0.1) is 37.6 Å². The highest BCUT2D eigenvalue weighted by Gasteiger charge is 2.30. The maximum absolute atomic E-state index is 12.7. The lowest BCUT2D eigenvalue weighted by Crippen LogP contribution is -2.26. The van der Waals surface area contributed by atoms with Gasteiger partial charge in [-0.3, -0.25) is 4.79 Å². The van der Waals surface area contributed by atoms with Crippen LogP contribution in [0.3, 0.4) is 0 Å². The van der Waals surface area contributed by atoms with Crippen molar-refractivity contribution in [2.45, 2.75) is 6.18 Å². The predicted octanol–water partition coefficient (Wildman–Crippen LogP) is 3.94. The van der Waals surface area contributed by atoms with Crippen molar-refractivity contribution >= 4 is 29.4 Å². The summed E-state index contributed by atoms with van der Waals surface area (Å²) >= 11 is 6.04. The molecular weight excluding hydrogens is 399 g/mol. The highest BCUT2D eigenvalue weighted by Crippen LogP contribution is 2.32. The van der Waals surface area contributed by atoms with E-state index in [0.717, 1.165) is 12.1 Å². The first kappa shape index (κ1) is 21.4. The molecule has 0 aliphatic carbocycles. The van der Waals surface area contributed by atoms with E-state index >= 15 is 0 Å². The van der Waals surface area contributed by atoms with Gasteiger partial charge in [-0.15, -0.1) is 0 Å². The average Bonchev–Trinajstić information content (AvgIpc) is 2.66. The van der Waals surface area contributed by atoms with E-state index in [1.165, 1.54) is 32.6 Å². The van der Waals surface area contributed by atoms with E-state index in [0.29, 0.717) is 22.1 Å². The number of amides is 1. The molecule has 0 aromatic heterocycles. The minimum atomic E-state index is -4.46. The number of hydrogen-bond acceptors (Lipinski definition) is 5. The van der Waals surface area contributed by atoms with E-state index in [1.807, 2.05) is 0 Å². The Bertz CT molecular complexity index is 873. The number of rotatable bonds is 7. The zero-order valence-electron chi connectivity index (χ0n) is 14.9. The van der Waals surface area contributed by atoms with Crippen LogP contribution in [0.5, 0.6) is 11.5 Å². The molecule has 0 bridgehead atoms. The molecule has 2 rings (SSSR count).